The number of nitrogens with zero attached hydrogens (tertiary/aromatic N) is 2. The van der Waals surface area contributed by atoms with Gasteiger partial charge in [-0.3, -0.25) is 0 Å². The molecule has 5 heteroatoms. The van der Waals surface area contributed by atoms with Crippen molar-refractivity contribution < 1.29 is 9.26 Å². The summed E-state index contributed by atoms with van der Waals surface area (Å²) in [6.07, 6.45) is 3.89. The fourth-order valence-corrected chi connectivity index (χ4v) is 1.96. The Morgan fingerprint density at radius 3 is 2.75 bits per heavy atom. The quantitative estimate of drug-likeness (QED) is 0.807. The molecule has 0 spiro atoms. The van der Waals surface area contributed by atoms with E-state index in [1.807, 2.05) is 56.6 Å². The average molecular weight is 337 g/mol. The first-order valence-corrected chi connectivity index (χ1v) is 7.09. The first kappa shape index (κ1) is 14.8. The molecule has 0 aliphatic carbocycles. The van der Waals surface area contributed by atoms with Crippen LogP contribution < -0.4 is 4.74 Å². The molecule has 0 fully saturated rings. The van der Waals surface area contributed by atoms with Gasteiger partial charge in [0.2, 0.25) is 0 Å². The Labute approximate surface area is 127 Å². The number of halogens is 1. The summed E-state index contributed by atoms with van der Waals surface area (Å²) in [6.45, 7) is 1.31. The van der Waals surface area contributed by atoms with Crippen LogP contribution in [0.2, 0.25) is 0 Å². The van der Waals surface area contributed by atoms with Gasteiger partial charge in [-0.15, -0.1) is 0 Å². The highest BCUT2D eigenvalue weighted by Gasteiger charge is 2.12. The summed E-state index contributed by atoms with van der Waals surface area (Å²) in [4.78, 5) is 2.06. The van der Waals surface area contributed by atoms with E-state index in [9.17, 15) is 0 Å². The van der Waals surface area contributed by atoms with Crippen LogP contribution in [0.1, 0.15) is 11.3 Å². The second-order valence-electron chi connectivity index (χ2n) is 4.60. The lowest BCUT2D eigenvalue weighted by Gasteiger charge is -2.03. The van der Waals surface area contributed by atoms with Crippen LogP contribution >= 0.6 is 15.9 Å². The first-order chi connectivity index (χ1) is 9.66. The summed E-state index contributed by atoms with van der Waals surface area (Å²) < 4.78 is 11.6. The molecule has 1 aromatic carbocycles. The highest BCUT2D eigenvalue weighted by molar-refractivity contribution is 9.10. The van der Waals surface area contributed by atoms with Crippen molar-refractivity contribution in [3.8, 4) is 5.88 Å². The number of hydrogen-bond donors (Lipinski definition) is 0. The molecule has 0 atom stereocenters. The van der Waals surface area contributed by atoms with E-state index in [0.29, 0.717) is 18.2 Å². The van der Waals surface area contributed by atoms with E-state index in [-0.39, 0.29) is 0 Å². The van der Waals surface area contributed by atoms with E-state index < -0.39 is 0 Å². The lowest BCUT2D eigenvalue weighted by atomic mass is 10.2. The Bertz CT molecular complexity index is 565. The number of benzene rings is 1. The Morgan fingerprint density at radius 2 is 2.05 bits per heavy atom. The van der Waals surface area contributed by atoms with Crippen molar-refractivity contribution in [2.45, 2.75) is 6.61 Å². The highest BCUT2D eigenvalue weighted by Crippen LogP contribution is 2.29. The van der Waals surface area contributed by atoms with Gasteiger partial charge in [-0.2, -0.15) is 0 Å². The first-order valence-electron chi connectivity index (χ1n) is 6.30. The number of ether oxygens (including phenoxy) is 1. The predicted molar refractivity (Wildman–Crippen MR) is 82.6 cm³/mol. The molecular weight excluding hydrogens is 320 g/mol. The van der Waals surface area contributed by atoms with Gasteiger partial charge in [0.05, 0.1) is 0 Å². The molecule has 0 radical (unpaired) electrons. The Balaban J connectivity index is 1.96. The van der Waals surface area contributed by atoms with Crippen LogP contribution in [0.3, 0.4) is 0 Å². The minimum Gasteiger partial charge on any atom is -0.470 e. The fourth-order valence-electron chi connectivity index (χ4n) is 1.57. The largest absolute Gasteiger partial charge is 0.470 e. The predicted octanol–water partition coefficient (Wildman–Crippen LogP) is 3.59. The van der Waals surface area contributed by atoms with Crippen molar-refractivity contribution in [3.63, 3.8) is 0 Å². The monoisotopic (exact) mass is 336 g/mol. The van der Waals surface area contributed by atoms with Crippen LogP contribution in [0.5, 0.6) is 5.88 Å². The summed E-state index contributed by atoms with van der Waals surface area (Å²) >= 11 is 3.45. The van der Waals surface area contributed by atoms with E-state index in [1.54, 1.807) is 0 Å². The summed E-state index contributed by atoms with van der Waals surface area (Å²) in [5.41, 5.74) is 1.09. The third-order valence-electron chi connectivity index (χ3n) is 2.59. The van der Waals surface area contributed by atoms with Gasteiger partial charge in [-0.05, 0) is 46.8 Å². The van der Waals surface area contributed by atoms with Gasteiger partial charge < -0.3 is 14.2 Å². The van der Waals surface area contributed by atoms with E-state index in [2.05, 4.69) is 26.0 Å². The zero-order valence-electron chi connectivity index (χ0n) is 11.5. The van der Waals surface area contributed by atoms with Crippen molar-refractivity contribution >= 4 is 22.0 Å². The number of hydrogen-bond acceptors (Lipinski definition) is 4. The number of aromatic nitrogens is 1. The standard InChI is InChI=1S/C15H17BrN2O2/c1-18(2)10-6-9-13-14(16)15(17-20-13)19-11-12-7-4-3-5-8-12/h3-9H,10-11H2,1-2H3. The van der Waals surface area contributed by atoms with Crippen molar-refractivity contribution in [1.82, 2.24) is 10.1 Å². The van der Waals surface area contributed by atoms with Crippen LogP contribution in [-0.2, 0) is 6.61 Å². The molecule has 1 heterocycles. The molecule has 20 heavy (non-hydrogen) atoms. The summed E-state index contributed by atoms with van der Waals surface area (Å²) in [6, 6.07) is 9.94. The molecule has 2 rings (SSSR count). The topological polar surface area (TPSA) is 38.5 Å². The van der Waals surface area contributed by atoms with Crippen LogP contribution in [0.15, 0.2) is 45.4 Å². The molecule has 0 saturated heterocycles. The number of rotatable bonds is 6. The van der Waals surface area contributed by atoms with Crippen LogP contribution in [0.4, 0.5) is 0 Å². The fraction of sp³-hybridized carbons (Fsp3) is 0.267. The average Bonchev–Trinajstić information content (AvgIpc) is 2.79. The molecular formula is C15H17BrN2O2. The highest BCUT2D eigenvalue weighted by atomic mass is 79.9. The van der Waals surface area contributed by atoms with Gasteiger partial charge in [0.1, 0.15) is 11.1 Å². The summed E-state index contributed by atoms with van der Waals surface area (Å²) in [7, 11) is 4.02. The zero-order valence-corrected chi connectivity index (χ0v) is 13.1. The molecule has 0 N–H and O–H groups in total. The molecule has 0 aliphatic heterocycles. The Morgan fingerprint density at radius 1 is 1.30 bits per heavy atom. The number of likely N-dealkylation sites (N-methyl/N-ethyl adjacent to an activating group) is 1. The summed E-state index contributed by atoms with van der Waals surface area (Å²) in [5, 5.41) is 3.92. The van der Waals surface area contributed by atoms with E-state index >= 15 is 0 Å². The van der Waals surface area contributed by atoms with E-state index in [0.717, 1.165) is 16.6 Å². The second kappa shape index (κ2) is 7.26. The van der Waals surface area contributed by atoms with Crippen molar-refractivity contribution in [2.24, 2.45) is 0 Å². The minimum atomic E-state index is 0.465. The van der Waals surface area contributed by atoms with Crippen LogP contribution in [-0.4, -0.2) is 30.7 Å². The smallest absolute Gasteiger partial charge is 0.269 e. The maximum Gasteiger partial charge on any atom is 0.269 e. The SMILES string of the molecule is CN(C)CC=Cc1onc(OCc2ccccc2)c1Br. The third kappa shape index (κ3) is 4.21. The van der Waals surface area contributed by atoms with Gasteiger partial charge >= 0.3 is 0 Å². The lowest BCUT2D eigenvalue weighted by molar-refractivity contribution is 0.268. The third-order valence-corrected chi connectivity index (χ3v) is 3.32. The van der Waals surface area contributed by atoms with Gasteiger partial charge in [-0.1, -0.05) is 36.4 Å². The molecule has 0 amide bonds. The van der Waals surface area contributed by atoms with Crippen LogP contribution in [0.25, 0.3) is 6.08 Å². The second-order valence-corrected chi connectivity index (χ2v) is 5.40. The summed E-state index contributed by atoms with van der Waals surface area (Å²) in [5.74, 6) is 1.13. The van der Waals surface area contributed by atoms with Gasteiger partial charge in [0, 0.05) is 6.54 Å². The van der Waals surface area contributed by atoms with Crippen LogP contribution in [0, 0.1) is 0 Å². The molecule has 0 unspecified atom stereocenters. The van der Waals surface area contributed by atoms with E-state index in [1.165, 1.54) is 0 Å². The maximum absolute atomic E-state index is 5.63. The Kier molecular flexibility index (Phi) is 5.38. The Hall–Kier alpha value is -1.59. The molecule has 0 saturated carbocycles. The van der Waals surface area contributed by atoms with E-state index in [4.69, 9.17) is 9.26 Å². The normalized spacial score (nSPS) is 11.4. The van der Waals surface area contributed by atoms with Crippen molar-refractivity contribution in [2.75, 3.05) is 20.6 Å². The molecule has 0 bridgehead atoms. The zero-order chi connectivity index (χ0) is 14.4. The van der Waals surface area contributed by atoms with Crippen molar-refractivity contribution in [1.29, 1.82) is 0 Å². The van der Waals surface area contributed by atoms with Gasteiger partial charge in [0.15, 0.2) is 5.76 Å². The minimum absolute atomic E-state index is 0.465. The molecule has 1 aromatic heterocycles. The molecule has 2 aromatic rings. The molecule has 4 nitrogen and oxygen atoms in total. The molecule has 106 valence electrons. The van der Waals surface area contributed by atoms with Crippen molar-refractivity contribution in [3.05, 3.63) is 52.2 Å². The maximum atomic E-state index is 5.63. The lowest BCUT2D eigenvalue weighted by Crippen LogP contribution is -2.10. The van der Waals surface area contributed by atoms with Gasteiger partial charge in [-0.25, -0.2) is 0 Å². The van der Waals surface area contributed by atoms with Gasteiger partial charge in [0.25, 0.3) is 5.88 Å². The molecule has 0 aliphatic rings.